The molecule has 1 heterocycles. The Morgan fingerprint density at radius 2 is 2.16 bits per heavy atom. The van der Waals surface area contributed by atoms with Crippen molar-refractivity contribution in [2.24, 2.45) is 5.92 Å². The summed E-state index contributed by atoms with van der Waals surface area (Å²) >= 11 is 9.80. The van der Waals surface area contributed by atoms with Gasteiger partial charge in [0.15, 0.2) is 0 Å². The van der Waals surface area contributed by atoms with Gasteiger partial charge in [-0.3, -0.25) is 0 Å². The molecule has 0 radical (unpaired) electrons. The van der Waals surface area contributed by atoms with Gasteiger partial charge in [-0.1, -0.05) is 25.4 Å². The van der Waals surface area contributed by atoms with Crippen LogP contribution in [0.5, 0.6) is 0 Å². The number of anilines is 1. The first kappa shape index (κ1) is 15.1. The maximum Gasteiger partial charge on any atom is 0.0617 e. The maximum absolute atomic E-state index is 6.20. The Labute approximate surface area is 129 Å². The molecule has 4 heteroatoms. The Kier molecular flexibility index (Phi) is 5.15. The Balaban J connectivity index is 2.06. The fourth-order valence-electron chi connectivity index (χ4n) is 2.40. The van der Waals surface area contributed by atoms with E-state index in [0.717, 1.165) is 40.2 Å². The molecule has 1 N–H and O–H groups in total. The minimum atomic E-state index is 0.353. The Morgan fingerprint density at radius 3 is 2.84 bits per heavy atom. The predicted octanol–water partition coefficient (Wildman–Crippen LogP) is 5.03. The largest absolute Gasteiger partial charge is 0.381 e. The third-order valence-corrected chi connectivity index (χ3v) is 4.73. The van der Waals surface area contributed by atoms with Crippen LogP contribution in [-0.4, -0.2) is 18.8 Å². The van der Waals surface area contributed by atoms with Crippen molar-refractivity contribution in [3.05, 3.63) is 27.2 Å². The molecule has 0 amide bonds. The van der Waals surface area contributed by atoms with Crippen LogP contribution < -0.4 is 5.32 Å². The van der Waals surface area contributed by atoms with Crippen molar-refractivity contribution in [2.45, 2.75) is 45.8 Å². The van der Waals surface area contributed by atoms with Gasteiger partial charge in [-0.15, -0.1) is 0 Å². The number of nitrogens with one attached hydrogen (secondary N) is 1. The van der Waals surface area contributed by atoms with Crippen molar-refractivity contribution in [2.75, 3.05) is 11.9 Å². The van der Waals surface area contributed by atoms with Crippen LogP contribution in [0.25, 0.3) is 0 Å². The van der Waals surface area contributed by atoms with Gasteiger partial charge in [0, 0.05) is 22.1 Å². The summed E-state index contributed by atoms with van der Waals surface area (Å²) in [5.74, 6) is 0.564. The number of aryl methyl sites for hydroxylation is 1. The molecule has 0 spiro atoms. The van der Waals surface area contributed by atoms with Crippen molar-refractivity contribution in [3.8, 4) is 0 Å². The van der Waals surface area contributed by atoms with Gasteiger partial charge in [-0.05, 0) is 59.3 Å². The molecule has 1 aliphatic rings. The number of hydrogen-bond donors (Lipinski definition) is 1. The Hall–Kier alpha value is -0.250. The molecule has 0 aliphatic carbocycles. The second-order valence-corrected chi connectivity index (χ2v) is 6.86. The van der Waals surface area contributed by atoms with Crippen LogP contribution in [0.4, 0.5) is 5.69 Å². The molecule has 19 heavy (non-hydrogen) atoms. The Morgan fingerprint density at radius 1 is 1.42 bits per heavy atom. The van der Waals surface area contributed by atoms with E-state index in [1.807, 2.05) is 13.0 Å². The number of benzene rings is 1. The average molecular weight is 347 g/mol. The molecule has 1 aromatic rings. The molecule has 0 saturated carbocycles. The normalized spacial score (nSPS) is 23.7. The predicted molar refractivity (Wildman–Crippen MR) is 85.1 cm³/mol. The lowest BCUT2D eigenvalue weighted by molar-refractivity contribution is -0.0160. The molecule has 2 nitrogen and oxygen atoms in total. The summed E-state index contributed by atoms with van der Waals surface area (Å²) in [6.45, 7) is 7.27. The summed E-state index contributed by atoms with van der Waals surface area (Å²) in [5, 5.41) is 4.39. The number of halogens is 2. The first-order valence-corrected chi connectivity index (χ1v) is 7.98. The van der Waals surface area contributed by atoms with E-state index in [1.54, 1.807) is 0 Å². The highest BCUT2D eigenvalue weighted by atomic mass is 79.9. The molecule has 2 rings (SSSR count). The minimum absolute atomic E-state index is 0.353. The summed E-state index contributed by atoms with van der Waals surface area (Å²) in [5.41, 5.74) is 2.16. The molecule has 0 bridgehead atoms. The molecule has 1 saturated heterocycles. The fourth-order valence-corrected chi connectivity index (χ4v) is 3.14. The van der Waals surface area contributed by atoms with Crippen molar-refractivity contribution in [1.82, 2.24) is 0 Å². The zero-order valence-corrected chi connectivity index (χ0v) is 14.0. The molecule has 0 aromatic heterocycles. The molecule has 1 aliphatic heterocycles. The SMILES string of the molecule is Cc1cc(Br)c(NC2CCOC(C(C)C)C2)cc1Cl. The highest BCUT2D eigenvalue weighted by Gasteiger charge is 2.25. The number of rotatable bonds is 3. The van der Waals surface area contributed by atoms with Gasteiger partial charge in [-0.25, -0.2) is 0 Å². The van der Waals surface area contributed by atoms with E-state index in [1.165, 1.54) is 0 Å². The summed E-state index contributed by atoms with van der Waals surface area (Å²) in [6.07, 6.45) is 2.45. The van der Waals surface area contributed by atoms with Crippen LogP contribution in [0.1, 0.15) is 32.3 Å². The van der Waals surface area contributed by atoms with Crippen molar-refractivity contribution in [3.63, 3.8) is 0 Å². The van der Waals surface area contributed by atoms with Gasteiger partial charge in [0.2, 0.25) is 0 Å². The monoisotopic (exact) mass is 345 g/mol. The van der Waals surface area contributed by atoms with Crippen molar-refractivity contribution >= 4 is 33.2 Å². The molecule has 2 unspecified atom stereocenters. The molecular formula is C15H21BrClNO. The first-order chi connectivity index (χ1) is 8.97. The molecular weight excluding hydrogens is 326 g/mol. The number of hydrogen-bond acceptors (Lipinski definition) is 2. The summed E-state index contributed by atoms with van der Waals surface area (Å²) < 4.78 is 6.87. The average Bonchev–Trinajstić information content (AvgIpc) is 2.36. The quantitative estimate of drug-likeness (QED) is 0.829. The van der Waals surface area contributed by atoms with Gasteiger partial charge in [0.1, 0.15) is 0 Å². The Bertz CT molecular complexity index is 450. The van der Waals surface area contributed by atoms with E-state index < -0.39 is 0 Å². The van der Waals surface area contributed by atoms with E-state index in [0.29, 0.717) is 18.1 Å². The minimum Gasteiger partial charge on any atom is -0.381 e. The van der Waals surface area contributed by atoms with Crippen LogP contribution in [0.2, 0.25) is 5.02 Å². The van der Waals surface area contributed by atoms with Crippen molar-refractivity contribution < 1.29 is 4.74 Å². The number of ether oxygens (including phenoxy) is 1. The summed E-state index contributed by atoms with van der Waals surface area (Å²) in [4.78, 5) is 0. The lowest BCUT2D eigenvalue weighted by atomic mass is 9.95. The van der Waals surface area contributed by atoms with E-state index in [4.69, 9.17) is 16.3 Å². The van der Waals surface area contributed by atoms with Gasteiger partial charge >= 0.3 is 0 Å². The summed E-state index contributed by atoms with van der Waals surface area (Å²) in [6, 6.07) is 4.52. The van der Waals surface area contributed by atoms with Gasteiger partial charge in [-0.2, -0.15) is 0 Å². The molecule has 1 aromatic carbocycles. The van der Waals surface area contributed by atoms with E-state index in [2.05, 4.69) is 41.2 Å². The van der Waals surface area contributed by atoms with Crippen LogP contribution in [-0.2, 0) is 4.74 Å². The maximum atomic E-state index is 6.20. The lowest BCUT2D eigenvalue weighted by Crippen LogP contribution is -2.36. The zero-order chi connectivity index (χ0) is 14.0. The lowest BCUT2D eigenvalue weighted by Gasteiger charge is -2.33. The van der Waals surface area contributed by atoms with E-state index >= 15 is 0 Å². The first-order valence-electron chi connectivity index (χ1n) is 6.81. The standard InChI is InChI=1S/C15H21BrClNO/c1-9(2)15-7-11(4-5-19-15)18-14-8-13(17)10(3)6-12(14)16/h6,8-9,11,15,18H,4-5,7H2,1-3H3. The van der Waals surface area contributed by atoms with E-state index in [-0.39, 0.29) is 0 Å². The zero-order valence-electron chi connectivity index (χ0n) is 11.7. The van der Waals surface area contributed by atoms with Crippen molar-refractivity contribution in [1.29, 1.82) is 0 Å². The van der Waals surface area contributed by atoms with Gasteiger partial charge in [0.05, 0.1) is 11.8 Å². The smallest absolute Gasteiger partial charge is 0.0617 e. The molecule has 2 atom stereocenters. The van der Waals surface area contributed by atoms with Crippen LogP contribution in [0, 0.1) is 12.8 Å². The third kappa shape index (κ3) is 3.87. The topological polar surface area (TPSA) is 21.3 Å². The van der Waals surface area contributed by atoms with Crippen LogP contribution in [0.3, 0.4) is 0 Å². The second kappa shape index (κ2) is 6.47. The molecule has 1 fully saturated rings. The fraction of sp³-hybridized carbons (Fsp3) is 0.600. The highest BCUT2D eigenvalue weighted by molar-refractivity contribution is 9.10. The third-order valence-electron chi connectivity index (χ3n) is 3.67. The van der Waals surface area contributed by atoms with Crippen LogP contribution in [0.15, 0.2) is 16.6 Å². The van der Waals surface area contributed by atoms with Crippen LogP contribution >= 0.6 is 27.5 Å². The van der Waals surface area contributed by atoms with E-state index in [9.17, 15) is 0 Å². The second-order valence-electron chi connectivity index (χ2n) is 5.60. The van der Waals surface area contributed by atoms with Gasteiger partial charge in [0.25, 0.3) is 0 Å². The highest BCUT2D eigenvalue weighted by Crippen LogP contribution is 2.31. The summed E-state index contributed by atoms with van der Waals surface area (Å²) in [7, 11) is 0. The molecule has 106 valence electrons. The van der Waals surface area contributed by atoms with Gasteiger partial charge < -0.3 is 10.1 Å².